The van der Waals surface area contributed by atoms with Gasteiger partial charge in [0.05, 0.1) is 24.4 Å². The lowest BCUT2D eigenvalue weighted by atomic mass is 10.3. The average molecular weight is 202 g/mol. The lowest BCUT2D eigenvalue weighted by Gasteiger charge is -2.09. The van der Waals surface area contributed by atoms with E-state index in [0.717, 1.165) is 0 Å². The Bertz CT molecular complexity index is 302. The molecular formula is C9H12ClNO2. The number of nitrogen functional groups attached to an aromatic ring is 1. The first kappa shape index (κ1) is 9.99. The summed E-state index contributed by atoms with van der Waals surface area (Å²) in [7, 11) is 1.55. The highest BCUT2D eigenvalue weighted by molar-refractivity contribution is 6.32. The minimum absolute atomic E-state index is 0.500. The van der Waals surface area contributed by atoms with E-state index in [2.05, 4.69) is 0 Å². The topological polar surface area (TPSA) is 44.5 Å². The quantitative estimate of drug-likeness (QED) is 0.764. The van der Waals surface area contributed by atoms with Crippen molar-refractivity contribution in [1.82, 2.24) is 0 Å². The molecule has 1 rings (SSSR count). The SMILES string of the molecule is CCOc1cc(OC)c(N)cc1Cl. The van der Waals surface area contributed by atoms with Gasteiger partial charge in [0.15, 0.2) is 0 Å². The summed E-state index contributed by atoms with van der Waals surface area (Å²) in [5.41, 5.74) is 6.14. The number of rotatable bonds is 3. The van der Waals surface area contributed by atoms with Gasteiger partial charge in [-0.2, -0.15) is 0 Å². The fraction of sp³-hybridized carbons (Fsp3) is 0.333. The van der Waals surface area contributed by atoms with E-state index in [-0.39, 0.29) is 0 Å². The van der Waals surface area contributed by atoms with Gasteiger partial charge in [0.25, 0.3) is 0 Å². The lowest BCUT2D eigenvalue weighted by Crippen LogP contribution is -1.96. The molecule has 0 aliphatic heterocycles. The third-order valence-corrected chi connectivity index (χ3v) is 1.88. The summed E-state index contributed by atoms with van der Waals surface area (Å²) in [6.07, 6.45) is 0. The molecule has 0 atom stereocenters. The van der Waals surface area contributed by atoms with Gasteiger partial charge in [-0.1, -0.05) is 11.6 Å². The third kappa shape index (κ3) is 2.18. The molecule has 3 nitrogen and oxygen atoms in total. The number of methoxy groups -OCH3 is 1. The van der Waals surface area contributed by atoms with Gasteiger partial charge in [-0.15, -0.1) is 0 Å². The molecule has 0 aliphatic carbocycles. The number of benzene rings is 1. The minimum atomic E-state index is 0.500. The highest BCUT2D eigenvalue weighted by atomic mass is 35.5. The van der Waals surface area contributed by atoms with Gasteiger partial charge in [-0.25, -0.2) is 0 Å². The summed E-state index contributed by atoms with van der Waals surface area (Å²) in [5.74, 6) is 1.17. The molecule has 0 spiro atoms. The van der Waals surface area contributed by atoms with Crippen molar-refractivity contribution in [3.05, 3.63) is 17.2 Å². The van der Waals surface area contributed by atoms with Crippen molar-refractivity contribution in [3.63, 3.8) is 0 Å². The first-order chi connectivity index (χ1) is 6.19. The van der Waals surface area contributed by atoms with Gasteiger partial charge in [0, 0.05) is 6.07 Å². The number of hydrogen-bond acceptors (Lipinski definition) is 3. The van der Waals surface area contributed by atoms with E-state index in [1.54, 1.807) is 19.2 Å². The molecule has 0 fully saturated rings. The Balaban J connectivity index is 3.06. The number of anilines is 1. The molecule has 72 valence electrons. The molecule has 0 bridgehead atoms. The van der Waals surface area contributed by atoms with E-state index in [9.17, 15) is 0 Å². The Hall–Kier alpha value is -1.09. The van der Waals surface area contributed by atoms with Crippen LogP contribution in [0.25, 0.3) is 0 Å². The summed E-state index contributed by atoms with van der Waals surface area (Å²) >= 11 is 5.88. The second kappa shape index (κ2) is 4.23. The lowest BCUT2D eigenvalue weighted by molar-refractivity contribution is 0.336. The van der Waals surface area contributed by atoms with Crippen LogP contribution in [0.2, 0.25) is 5.02 Å². The largest absolute Gasteiger partial charge is 0.494 e. The van der Waals surface area contributed by atoms with E-state index < -0.39 is 0 Å². The maximum atomic E-state index is 5.88. The molecule has 0 saturated carbocycles. The Morgan fingerprint density at radius 3 is 2.62 bits per heavy atom. The second-order valence-electron chi connectivity index (χ2n) is 2.46. The van der Waals surface area contributed by atoms with Crippen LogP contribution in [0.5, 0.6) is 11.5 Å². The number of hydrogen-bond donors (Lipinski definition) is 1. The fourth-order valence-electron chi connectivity index (χ4n) is 0.993. The Morgan fingerprint density at radius 1 is 1.38 bits per heavy atom. The number of nitrogens with two attached hydrogens (primary N) is 1. The number of halogens is 1. The zero-order valence-corrected chi connectivity index (χ0v) is 8.39. The smallest absolute Gasteiger partial charge is 0.145 e. The van der Waals surface area contributed by atoms with E-state index in [1.165, 1.54) is 0 Å². The molecular weight excluding hydrogens is 190 g/mol. The van der Waals surface area contributed by atoms with E-state index in [0.29, 0.717) is 28.8 Å². The molecule has 1 aromatic rings. The van der Waals surface area contributed by atoms with Crippen LogP contribution in [0.3, 0.4) is 0 Å². The Labute approximate surface area is 82.4 Å². The third-order valence-electron chi connectivity index (χ3n) is 1.58. The van der Waals surface area contributed by atoms with Crippen molar-refractivity contribution in [2.24, 2.45) is 0 Å². The van der Waals surface area contributed by atoms with E-state index in [4.69, 9.17) is 26.8 Å². The molecule has 0 aromatic heterocycles. The average Bonchev–Trinajstić information content (AvgIpc) is 2.10. The van der Waals surface area contributed by atoms with Gasteiger partial charge < -0.3 is 15.2 Å². The molecule has 0 saturated heterocycles. The summed E-state index contributed by atoms with van der Waals surface area (Å²) in [6, 6.07) is 3.30. The van der Waals surface area contributed by atoms with Crippen LogP contribution in [-0.2, 0) is 0 Å². The molecule has 4 heteroatoms. The fourth-order valence-corrected chi connectivity index (χ4v) is 1.22. The molecule has 2 N–H and O–H groups in total. The molecule has 0 amide bonds. The normalized spacial score (nSPS) is 9.77. The molecule has 13 heavy (non-hydrogen) atoms. The molecule has 0 aliphatic rings. The molecule has 1 aromatic carbocycles. The Morgan fingerprint density at radius 2 is 2.08 bits per heavy atom. The van der Waals surface area contributed by atoms with Crippen LogP contribution in [0, 0.1) is 0 Å². The number of ether oxygens (including phenoxy) is 2. The maximum absolute atomic E-state index is 5.88. The summed E-state index contributed by atoms with van der Waals surface area (Å²) in [6.45, 7) is 2.45. The zero-order valence-electron chi connectivity index (χ0n) is 7.63. The van der Waals surface area contributed by atoms with Gasteiger partial charge in [0.2, 0.25) is 0 Å². The summed E-state index contributed by atoms with van der Waals surface area (Å²) in [4.78, 5) is 0. The molecule has 0 unspecified atom stereocenters. The van der Waals surface area contributed by atoms with Gasteiger partial charge in [0.1, 0.15) is 11.5 Å². The van der Waals surface area contributed by atoms with Crippen LogP contribution >= 0.6 is 11.6 Å². The maximum Gasteiger partial charge on any atom is 0.145 e. The van der Waals surface area contributed by atoms with Crippen molar-refractivity contribution in [1.29, 1.82) is 0 Å². The van der Waals surface area contributed by atoms with Crippen molar-refractivity contribution in [3.8, 4) is 11.5 Å². The highest BCUT2D eigenvalue weighted by Crippen LogP contribution is 2.34. The summed E-state index contributed by atoms with van der Waals surface area (Å²) < 4.78 is 10.3. The van der Waals surface area contributed by atoms with Crippen LogP contribution < -0.4 is 15.2 Å². The molecule has 0 radical (unpaired) electrons. The van der Waals surface area contributed by atoms with Crippen LogP contribution in [-0.4, -0.2) is 13.7 Å². The van der Waals surface area contributed by atoms with Crippen molar-refractivity contribution in [2.45, 2.75) is 6.92 Å². The van der Waals surface area contributed by atoms with Gasteiger partial charge >= 0.3 is 0 Å². The predicted octanol–water partition coefficient (Wildman–Crippen LogP) is 2.33. The van der Waals surface area contributed by atoms with Crippen molar-refractivity contribution in [2.75, 3.05) is 19.5 Å². The monoisotopic (exact) mass is 201 g/mol. The molecule has 0 heterocycles. The van der Waals surface area contributed by atoms with E-state index >= 15 is 0 Å². The van der Waals surface area contributed by atoms with Crippen molar-refractivity contribution < 1.29 is 9.47 Å². The first-order valence-electron chi connectivity index (χ1n) is 3.94. The van der Waals surface area contributed by atoms with Crippen LogP contribution in [0.1, 0.15) is 6.92 Å². The minimum Gasteiger partial charge on any atom is -0.494 e. The standard InChI is InChI=1S/C9H12ClNO2/c1-3-13-8-5-9(12-2)7(11)4-6(8)10/h4-5H,3,11H2,1-2H3. The van der Waals surface area contributed by atoms with E-state index in [1.807, 2.05) is 6.92 Å². The Kier molecular flexibility index (Phi) is 3.25. The second-order valence-corrected chi connectivity index (χ2v) is 2.86. The summed E-state index contributed by atoms with van der Waals surface area (Å²) in [5, 5.41) is 0.500. The van der Waals surface area contributed by atoms with Gasteiger partial charge in [-0.3, -0.25) is 0 Å². The highest BCUT2D eigenvalue weighted by Gasteiger charge is 2.06. The first-order valence-corrected chi connectivity index (χ1v) is 4.32. The zero-order chi connectivity index (χ0) is 9.84. The van der Waals surface area contributed by atoms with Gasteiger partial charge in [-0.05, 0) is 13.0 Å². The van der Waals surface area contributed by atoms with Crippen molar-refractivity contribution >= 4 is 17.3 Å². The van der Waals surface area contributed by atoms with Crippen LogP contribution in [0.4, 0.5) is 5.69 Å². The van der Waals surface area contributed by atoms with Crippen LogP contribution in [0.15, 0.2) is 12.1 Å². The predicted molar refractivity (Wildman–Crippen MR) is 53.6 cm³/mol.